The molecule has 3 aromatic rings. The van der Waals surface area contributed by atoms with Crippen LogP contribution in [0.2, 0.25) is 0 Å². The second-order valence-electron chi connectivity index (χ2n) is 6.64. The van der Waals surface area contributed by atoms with Crippen LogP contribution in [0.5, 0.6) is 0 Å². The van der Waals surface area contributed by atoms with Crippen LogP contribution in [-0.4, -0.2) is 48.3 Å². The molecule has 0 saturated carbocycles. The van der Waals surface area contributed by atoms with Gasteiger partial charge in [0.2, 0.25) is 5.91 Å². The number of likely N-dealkylation sites (tertiary alicyclic amines) is 1. The Morgan fingerprint density at radius 3 is 3.00 bits per heavy atom. The molecule has 1 fully saturated rings. The highest BCUT2D eigenvalue weighted by molar-refractivity contribution is 5.76. The van der Waals surface area contributed by atoms with Crippen LogP contribution in [0.3, 0.4) is 0 Å². The predicted molar refractivity (Wildman–Crippen MR) is 93.1 cm³/mol. The molecule has 7 heteroatoms. The first-order chi connectivity index (χ1) is 12.2. The van der Waals surface area contributed by atoms with Gasteiger partial charge in [-0.25, -0.2) is 0 Å². The molecule has 1 aliphatic rings. The molecule has 0 bridgehead atoms. The topological polar surface area (TPSA) is 68.3 Å². The van der Waals surface area contributed by atoms with Crippen LogP contribution in [0.1, 0.15) is 36.7 Å². The highest BCUT2D eigenvalue weighted by atomic mass is 16.2. The molecular formula is C18H22N6O. The SMILES string of the molecule is Cc1ccn(CCC(=O)N2CCC[C@@H](c3nnc4ccccn34)C2)n1. The monoisotopic (exact) mass is 338 g/mol. The maximum atomic E-state index is 12.6. The molecule has 3 aromatic heterocycles. The number of aryl methyl sites for hydroxylation is 2. The molecule has 4 heterocycles. The van der Waals surface area contributed by atoms with Crippen molar-refractivity contribution in [3.63, 3.8) is 0 Å². The first-order valence-corrected chi connectivity index (χ1v) is 8.78. The Morgan fingerprint density at radius 1 is 1.24 bits per heavy atom. The van der Waals surface area contributed by atoms with E-state index in [1.165, 1.54) is 0 Å². The lowest BCUT2D eigenvalue weighted by Gasteiger charge is -2.32. The summed E-state index contributed by atoms with van der Waals surface area (Å²) in [6, 6.07) is 7.85. The minimum Gasteiger partial charge on any atom is -0.342 e. The van der Waals surface area contributed by atoms with Crippen LogP contribution in [0.4, 0.5) is 0 Å². The van der Waals surface area contributed by atoms with E-state index in [2.05, 4.69) is 15.3 Å². The molecule has 0 aromatic carbocycles. The third-order valence-corrected chi connectivity index (χ3v) is 4.81. The molecule has 0 aliphatic carbocycles. The summed E-state index contributed by atoms with van der Waals surface area (Å²) < 4.78 is 3.87. The largest absolute Gasteiger partial charge is 0.342 e. The van der Waals surface area contributed by atoms with Gasteiger partial charge in [-0.2, -0.15) is 5.10 Å². The number of hydrogen-bond acceptors (Lipinski definition) is 4. The van der Waals surface area contributed by atoms with Crippen LogP contribution in [-0.2, 0) is 11.3 Å². The minimum atomic E-state index is 0.187. The van der Waals surface area contributed by atoms with Gasteiger partial charge in [0, 0.05) is 44.4 Å². The van der Waals surface area contributed by atoms with Gasteiger partial charge in [-0.05, 0) is 38.0 Å². The molecule has 1 amide bonds. The molecule has 0 radical (unpaired) electrons. The molecule has 0 spiro atoms. The van der Waals surface area contributed by atoms with Crippen molar-refractivity contribution in [1.82, 2.24) is 29.3 Å². The average Bonchev–Trinajstić information content (AvgIpc) is 3.26. The van der Waals surface area contributed by atoms with E-state index < -0.39 is 0 Å². The average molecular weight is 338 g/mol. The van der Waals surface area contributed by atoms with E-state index in [0.29, 0.717) is 19.5 Å². The van der Waals surface area contributed by atoms with Crippen molar-refractivity contribution in [3.8, 4) is 0 Å². The van der Waals surface area contributed by atoms with E-state index in [-0.39, 0.29) is 11.8 Å². The van der Waals surface area contributed by atoms with Crippen molar-refractivity contribution in [2.45, 2.75) is 38.6 Å². The Bertz CT molecular complexity index is 882. The van der Waals surface area contributed by atoms with Crippen LogP contribution in [0.25, 0.3) is 5.65 Å². The molecule has 1 saturated heterocycles. The van der Waals surface area contributed by atoms with Crippen molar-refractivity contribution < 1.29 is 4.79 Å². The molecule has 130 valence electrons. The van der Waals surface area contributed by atoms with Gasteiger partial charge in [-0.3, -0.25) is 13.9 Å². The summed E-state index contributed by atoms with van der Waals surface area (Å²) in [5, 5.41) is 13.0. The smallest absolute Gasteiger partial charge is 0.224 e. The minimum absolute atomic E-state index is 0.187. The Kier molecular flexibility index (Phi) is 4.21. The van der Waals surface area contributed by atoms with E-state index in [1.54, 1.807) is 0 Å². The molecule has 1 atom stereocenters. The fourth-order valence-electron chi connectivity index (χ4n) is 3.51. The Balaban J connectivity index is 1.42. The van der Waals surface area contributed by atoms with Gasteiger partial charge in [0.15, 0.2) is 5.65 Å². The van der Waals surface area contributed by atoms with Gasteiger partial charge in [-0.15, -0.1) is 10.2 Å². The quantitative estimate of drug-likeness (QED) is 0.730. The van der Waals surface area contributed by atoms with Crippen molar-refractivity contribution in [2.75, 3.05) is 13.1 Å². The summed E-state index contributed by atoms with van der Waals surface area (Å²) in [4.78, 5) is 14.6. The van der Waals surface area contributed by atoms with Crippen molar-refractivity contribution in [2.24, 2.45) is 0 Å². The fraction of sp³-hybridized carbons (Fsp3) is 0.444. The first-order valence-electron chi connectivity index (χ1n) is 8.78. The van der Waals surface area contributed by atoms with Gasteiger partial charge in [0.05, 0.1) is 5.69 Å². The lowest BCUT2D eigenvalue weighted by atomic mass is 9.97. The zero-order chi connectivity index (χ0) is 17.2. The van der Waals surface area contributed by atoms with Crippen LogP contribution < -0.4 is 0 Å². The third kappa shape index (κ3) is 3.26. The zero-order valence-electron chi connectivity index (χ0n) is 14.4. The molecule has 25 heavy (non-hydrogen) atoms. The van der Waals surface area contributed by atoms with Gasteiger partial charge >= 0.3 is 0 Å². The van der Waals surface area contributed by atoms with Crippen molar-refractivity contribution in [1.29, 1.82) is 0 Å². The number of aromatic nitrogens is 5. The number of fused-ring (bicyclic) bond motifs is 1. The number of rotatable bonds is 4. The molecule has 1 aliphatic heterocycles. The normalized spacial score (nSPS) is 18.0. The molecule has 4 rings (SSSR count). The van der Waals surface area contributed by atoms with Crippen molar-refractivity contribution >= 4 is 11.6 Å². The van der Waals surface area contributed by atoms with E-state index in [0.717, 1.165) is 36.6 Å². The number of carbonyl (C=O) groups excluding carboxylic acids is 1. The number of hydrogen-bond donors (Lipinski definition) is 0. The van der Waals surface area contributed by atoms with E-state index in [1.807, 2.05) is 57.6 Å². The van der Waals surface area contributed by atoms with E-state index >= 15 is 0 Å². The van der Waals surface area contributed by atoms with Gasteiger partial charge in [0.25, 0.3) is 0 Å². The number of piperidine rings is 1. The maximum Gasteiger partial charge on any atom is 0.224 e. The Labute approximate surface area is 146 Å². The zero-order valence-corrected chi connectivity index (χ0v) is 14.4. The standard InChI is InChI=1S/C18H22N6O/c1-14-7-11-23(21-14)12-8-17(25)22-9-4-5-15(13-22)18-20-19-16-6-2-3-10-24(16)18/h2-3,6-7,10-11,15H,4-5,8-9,12-13H2,1H3/t15-/m1/s1. The third-order valence-electron chi connectivity index (χ3n) is 4.81. The van der Waals surface area contributed by atoms with Gasteiger partial charge < -0.3 is 4.90 Å². The summed E-state index contributed by atoms with van der Waals surface area (Å²) in [7, 11) is 0. The fourth-order valence-corrected chi connectivity index (χ4v) is 3.51. The number of pyridine rings is 1. The predicted octanol–water partition coefficient (Wildman–Crippen LogP) is 2.03. The van der Waals surface area contributed by atoms with Crippen LogP contribution >= 0.6 is 0 Å². The van der Waals surface area contributed by atoms with Crippen molar-refractivity contribution in [3.05, 3.63) is 48.2 Å². The second-order valence-corrected chi connectivity index (χ2v) is 6.64. The molecule has 0 N–H and O–H groups in total. The van der Waals surface area contributed by atoms with Crippen LogP contribution in [0, 0.1) is 6.92 Å². The highest BCUT2D eigenvalue weighted by Gasteiger charge is 2.27. The van der Waals surface area contributed by atoms with E-state index in [4.69, 9.17) is 0 Å². The molecule has 7 nitrogen and oxygen atoms in total. The number of amides is 1. The number of carbonyl (C=O) groups is 1. The highest BCUT2D eigenvalue weighted by Crippen LogP contribution is 2.26. The lowest BCUT2D eigenvalue weighted by Crippen LogP contribution is -2.39. The Morgan fingerprint density at radius 2 is 2.16 bits per heavy atom. The summed E-state index contributed by atoms with van der Waals surface area (Å²) in [5.74, 6) is 1.38. The summed E-state index contributed by atoms with van der Waals surface area (Å²) in [6.07, 6.45) is 6.43. The first kappa shape index (κ1) is 15.8. The van der Waals surface area contributed by atoms with E-state index in [9.17, 15) is 4.79 Å². The van der Waals surface area contributed by atoms with Gasteiger partial charge in [-0.1, -0.05) is 6.07 Å². The summed E-state index contributed by atoms with van der Waals surface area (Å²) >= 11 is 0. The summed E-state index contributed by atoms with van der Waals surface area (Å²) in [5.41, 5.74) is 1.83. The Hall–Kier alpha value is -2.70. The van der Waals surface area contributed by atoms with Crippen LogP contribution in [0.15, 0.2) is 36.7 Å². The maximum absolute atomic E-state index is 12.6. The van der Waals surface area contributed by atoms with Gasteiger partial charge in [0.1, 0.15) is 5.82 Å². The lowest BCUT2D eigenvalue weighted by molar-refractivity contribution is -0.132. The second kappa shape index (κ2) is 6.66. The molecular weight excluding hydrogens is 316 g/mol. The number of nitrogens with zero attached hydrogens (tertiary/aromatic N) is 6. The molecule has 0 unspecified atom stereocenters. The summed E-state index contributed by atoms with van der Waals surface area (Å²) in [6.45, 7) is 4.12.